The second kappa shape index (κ2) is 4.86. The molecule has 5 nitrogen and oxygen atoms in total. The number of fused-ring (bicyclic) bond motifs is 1. The van der Waals surface area contributed by atoms with Crippen molar-refractivity contribution in [3.8, 4) is 0 Å². The lowest BCUT2D eigenvalue weighted by Crippen LogP contribution is -2.22. The molecule has 0 bridgehead atoms. The zero-order valence-electron chi connectivity index (χ0n) is 9.93. The maximum absolute atomic E-state index is 11.6. The molecule has 0 saturated carbocycles. The lowest BCUT2D eigenvalue weighted by atomic mass is 10.3. The number of para-hydroxylation sites is 2. The fourth-order valence-corrected chi connectivity index (χ4v) is 1.60. The van der Waals surface area contributed by atoms with Crippen LogP contribution in [0.5, 0.6) is 0 Å². The first-order chi connectivity index (χ1) is 8.18. The molecule has 0 aliphatic carbocycles. The topological polar surface area (TPSA) is 59.5 Å². The maximum Gasteiger partial charge on any atom is 0.420 e. The lowest BCUT2D eigenvalue weighted by Gasteiger charge is -2.02. The van der Waals surface area contributed by atoms with E-state index in [1.165, 1.54) is 0 Å². The minimum atomic E-state index is -0.329. The Balaban J connectivity index is 2.16. The van der Waals surface area contributed by atoms with Crippen molar-refractivity contribution < 1.29 is 4.42 Å². The summed E-state index contributed by atoms with van der Waals surface area (Å²) in [6.07, 6.45) is 0. The van der Waals surface area contributed by atoms with Gasteiger partial charge in [0.15, 0.2) is 5.58 Å². The lowest BCUT2D eigenvalue weighted by molar-refractivity contribution is 0.497. The van der Waals surface area contributed by atoms with Gasteiger partial charge in [0.25, 0.3) is 0 Å². The molecular weight excluding hydrogens is 218 g/mol. The fourth-order valence-electron chi connectivity index (χ4n) is 1.60. The Kier molecular flexibility index (Phi) is 3.27. The first-order valence-corrected chi connectivity index (χ1v) is 5.50. The molecule has 0 fully saturated rings. The minimum Gasteiger partial charge on any atom is -0.408 e. The van der Waals surface area contributed by atoms with Gasteiger partial charge in [-0.1, -0.05) is 12.1 Å². The van der Waals surface area contributed by atoms with E-state index in [-0.39, 0.29) is 5.76 Å². The number of oxazole rings is 1. The Morgan fingerprint density at radius 2 is 2.18 bits per heavy atom. The van der Waals surface area contributed by atoms with Crippen LogP contribution in [0.1, 0.15) is 13.8 Å². The van der Waals surface area contributed by atoms with E-state index in [9.17, 15) is 4.79 Å². The van der Waals surface area contributed by atoms with Gasteiger partial charge in [0.2, 0.25) is 0 Å². The van der Waals surface area contributed by atoms with Gasteiger partial charge in [-0.2, -0.15) is 5.10 Å². The van der Waals surface area contributed by atoms with Crippen LogP contribution in [0.3, 0.4) is 0 Å². The van der Waals surface area contributed by atoms with E-state index < -0.39 is 0 Å². The summed E-state index contributed by atoms with van der Waals surface area (Å²) in [6, 6.07) is 7.39. The fraction of sp³-hybridized carbons (Fsp3) is 0.333. The highest BCUT2D eigenvalue weighted by atomic mass is 16.4. The minimum absolute atomic E-state index is 0.329. The Morgan fingerprint density at radius 1 is 1.41 bits per heavy atom. The van der Waals surface area contributed by atoms with E-state index in [2.05, 4.69) is 10.5 Å². The molecule has 1 heterocycles. The number of nitrogens with zero attached hydrogens (tertiary/aromatic N) is 2. The molecule has 1 N–H and O–H groups in total. The van der Waals surface area contributed by atoms with Gasteiger partial charge in [-0.15, -0.1) is 0 Å². The molecule has 0 spiro atoms. The molecule has 0 saturated heterocycles. The predicted octanol–water partition coefficient (Wildman–Crippen LogP) is 1.58. The zero-order chi connectivity index (χ0) is 12.3. The quantitative estimate of drug-likeness (QED) is 0.495. The summed E-state index contributed by atoms with van der Waals surface area (Å²) >= 11 is 0. The highest BCUT2D eigenvalue weighted by molar-refractivity contribution is 5.78. The first-order valence-electron chi connectivity index (χ1n) is 5.50. The molecule has 1 aromatic heterocycles. The van der Waals surface area contributed by atoms with Gasteiger partial charge in [-0.25, -0.2) is 4.79 Å². The summed E-state index contributed by atoms with van der Waals surface area (Å²) in [6.45, 7) is 4.94. The van der Waals surface area contributed by atoms with E-state index in [0.29, 0.717) is 18.7 Å². The monoisotopic (exact) mass is 233 g/mol. The van der Waals surface area contributed by atoms with Crippen LogP contribution < -0.4 is 11.2 Å². The smallest absolute Gasteiger partial charge is 0.408 e. The molecule has 90 valence electrons. The first kappa shape index (κ1) is 11.4. The highest BCUT2D eigenvalue weighted by Crippen LogP contribution is 2.10. The van der Waals surface area contributed by atoms with Gasteiger partial charge in [0, 0.05) is 12.3 Å². The van der Waals surface area contributed by atoms with Crippen molar-refractivity contribution in [2.24, 2.45) is 5.10 Å². The van der Waals surface area contributed by atoms with Gasteiger partial charge in [0.05, 0.1) is 12.1 Å². The second-order valence-corrected chi connectivity index (χ2v) is 3.95. The molecule has 0 amide bonds. The normalized spacial score (nSPS) is 10.5. The largest absolute Gasteiger partial charge is 0.420 e. The molecule has 2 aromatic rings. The third kappa shape index (κ3) is 2.55. The van der Waals surface area contributed by atoms with Gasteiger partial charge >= 0.3 is 5.76 Å². The van der Waals surface area contributed by atoms with E-state index in [0.717, 1.165) is 11.2 Å². The van der Waals surface area contributed by atoms with Crippen molar-refractivity contribution in [1.29, 1.82) is 0 Å². The number of hydrogen-bond acceptors (Lipinski definition) is 4. The molecule has 17 heavy (non-hydrogen) atoms. The van der Waals surface area contributed by atoms with Crippen molar-refractivity contribution in [3.63, 3.8) is 0 Å². The molecule has 0 aliphatic heterocycles. The predicted molar refractivity (Wildman–Crippen MR) is 67.3 cm³/mol. The average molecular weight is 233 g/mol. The number of hydrogen-bond donors (Lipinski definition) is 1. The van der Waals surface area contributed by atoms with Crippen molar-refractivity contribution in [3.05, 3.63) is 34.8 Å². The molecule has 0 atom stereocenters. The van der Waals surface area contributed by atoms with E-state index >= 15 is 0 Å². The van der Waals surface area contributed by atoms with Gasteiger partial charge in [-0.05, 0) is 26.0 Å². The Labute approximate surface area is 98.7 Å². The molecule has 5 heteroatoms. The SMILES string of the molecule is CC(C)=NNCCn1c(=O)oc2ccccc21. The number of aromatic nitrogens is 1. The van der Waals surface area contributed by atoms with Gasteiger partial charge in [-0.3, -0.25) is 4.57 Å². The van der Waals surface area contributed by atoms with Crippen LogP contribution >= 0.6 is 0 Å². The van der Waals surface area contributed by atoms with Crippen molar-refractivity contribution >= 4 is 16.8 Å². The van der Waals surface area contributed by atoms with Crippen LogP contribution in [-0.2, 0) is 6.54 Å². The molecular formula is C12H15N3O2. The van der Waals surface area contributed by atoms with E-state index in [1.807, 2.05) is 32.0 Å². The van der Waals surface area contributed by atoms with Crippen LogP contribution in [0.4, 0.5) is 0 Å². The van der Waals surface area contributed by atoms with Crippen molar-refractivity contribution in [2.45, 2.75) is 20.4 Å². The van der Waals surface area contributed by atoms with Gasteiger partial charge in [0.1, 0.15) is 0 Å². The van der Waals surface area contributed by atoms with Crippen LogP contribution in [0.2, 0.25) is 0 Å². The third-order valence-electron chi connectivity index (χ3n) is 2.32. The second-order valence-electron chi connectivity index (χ2n) is 3.95. The van der Waals surface area contributed by atoms with Crippen LogP contribution in [-0.4, -0.2) is 16.8 Å². The van der Waals surface area contributed by atoms with Gasteiger partial charge < -0.3 is 9.84 Å². The Bertz CT molecular complexity index is 591. The summed E-state index contributed by atoms with van der Waals surface area (Å²) in [5.74, 6) is -0.329. The Morgan fingerprint density at radius 3 is 2.94 bits per heavy atom. The summed E-state index contributed by atoms with van der Waals surface area (Å²) in [5.41, 5.74) is 5.29. The molecule has 1 aromatic carbocycles. The highest BCUT2D eigenvalue weighted by Gasteiger charge is 2.06. The van der Waals surface area contributed by atoms with E-state index in [1.54, 1.807) is 10.6 Å². The maximum atomic E-state index is 11.6. The summed E-state index contributed by atoms with van der Waals surface area (Å²) in [7, 11) is 0. The number of rotatable bonds is 4. The van der Waals surface area contributed by atoms with Crippen molar-refractivity contribution in [2.75, 3.05) is 6.54 Å². The van der Waals surface area contributed by atoms with Crippen molar-refractivity contribution in [1.82, 2.24) is 9.99 Å². The standard InChI is InChI=1S/C12H15N3O2/c1-9(2)14-13-7-8-15-10-5-3-4-6-11(10)17-12(15)16/h3-6,13H,7-8H2,1-2H3. The Hall–Kier alpha value is -2.04. The number of benzene rings is 1. The van der Waals surface area contributed by atoms with Crippen LogP contribution in [0, 0.1) is 0 Å². The molecule has 0 radical (unpaired) electrons. The third-order valence-corrected chi connectivity index (χ3v) is 2.32. The summed E-state index contributed by atoms with van der Waals surface area (Å²) < 4.78 is 6.72. The summed E-state index contributed by atoms with van der Waals surface area (Å²) in [5, 5.41) is 4.05. The molecule has 2 rings (SSSR count). The van der Waals surface area contributed by atoms with Crippen LogP contribution in [0.25, 0.3) is 11.1 Å². The summed E-state index contributed by atoms with van der Waals surface area (Å²) in [4.78, 5) is 11.6. The zero-order valence-corrected chi connectivity index (χ0v) is 9.93. The number of nitrogens with one attached hydrogen (secondary N) is 1. The molecule has 0 unspecified atom stereocenters. The van der Waals surface area contributed by atoms with Crippen LogP contribution in [0.15, 0.2) is 38.6 Å². The van der Waals surface area contributed by atoms with E-state index in [4.69, 9.17) is 4.42 Å². The number of hydrazone groups is 1. The molecule has 0 aliphatic rings. The average Bonchev–Trinajstić information content (AvgIpc) is 2.60.